The Morgan fingerprint density at radius 2 is 1.43 bits per heavy atom. The largest absolute Gasteiger partial charge is 0.490 e. The molecule has 5 rings (SSSR count). The van der Waals surface area contributed by atoms with Gasteiger partial charge < -0.3 is 25.3 Å². The molecular weight excluding hydrogens is 639 g/mol. The predicted molar refractivity (Wildman–Crippen MR) is 147 cm³/mol. The lowest BCUT2D eigenvalue weighted by atomic mass is 10.1. The molecular formula is C28H27F9N6O3. The molecule has 0 bridgehead atoms. The molecule has 0 atom stereocenters. The van der Waals surface area contributed by atoms with Gasteiger partial charge in [0.25, 0.3) is 0 Å². The number of carboxylic acid groups (broad SMARTS) is 1. The summed E-state index contributed by atoms with van der Waals surface area (Å²) in [5.41, 5.74) is 0.107. The van der Waals surface area contributed by atoms with Crippen molar-refractivity contribution in [2.24, 2.45) is 0 Å². The molecule has 1 aromatic carbocycles. The van der Waals surface area contributed by atoms with E-state index in [9.17, 15) is 44.6 Å². The molecule has 0 aliphatic carbocycles. The van der Waals surface area contributed by atoms with Gasteiger partial charge in [-0.05, 0) is 55.7 Å². The van der Waals surface area contributed by atoms with Crippen molar-refractivity contribution in [1.29, 1.82) is 0 Å². The van der Waals surface area contributed by atoms with Gasteiger partial charge in [0.05, 0.1) is 22.9 Å². The summed E-state index contributed by atoms with van der Waals surface area (Å²) in [7, 11) is 0. The smallest absolute Gasteiger partial charge is 0.475 e. The van der Waals surface area contributed by atoms with Crippen LogP contribution in [0.1, 0.15) is 35.2 Å². The third-order valence-electron chi connectivity index (χ3n) is 7.19. The van der Waals surface area contributed by atoms with Crippen LogP contribution in [0.2, 0.25) is 0 Å². The van der Waals surface area contributed by atoms with Crippen LogP contribution in [0.4, 0.5) is 62.8 Å². The van der Waals surface area contributed by atoms with Gasteiger partial charge in [0.15, 0.2) is 0 Å². The van der Waals surface area contributed by atoms with E-state index in [0.717, 1.165) is 18.2 Å². The van der Waals surface area contributed by atoms with E-state index in [-0.39, 0.29) is 18.9 Å². The first kappa shape index (κ1) is 34.5. The summed E-state index contributed by atoms with van der Waals surface area (Å²) in [6.45, 7) is 1.50. The van der Waals surface area contributed by atoms with Crippen LogP contribution in [0.3, 0.4) is 0 Å². The molecule has 0 spiro atoms. The molecule has 46 heavy (non-hydrogen) atoms. The van der Waals surface area contributed by atoms with Crippen molar-refractivity contribution in [3.05, 3.63) is 65.0 Å². The lowest BCUT2D eigenvalue weighted by Crippen LogP contribution is -2.37. The van der Waals surface area contributed by atoms with Crippen molar-refractivity contribution >= 4 is 29.2 Å². The van der Waals surface area contributed by atoms with Crippen LogP contribution in [0.25, 0.3) is 0 Å². The third-order valence-corrected chi connectivity index (χ3v) is 7.19. The number of aliphatic hydroxyl groups is 1. The van der Waals surface area contributed by atoms with Crippen molar-refractivity contribution in [2.45, 2.75) is 50.3 Å². The number of aliphatic hydroxyl groups excluding tert-OH is 1. The fourth-order valence-corrected chi connectivity index (χ4v) is 4.86. The Kier molecular flexibility index (Phi) is 10.2. The van der Waals surface area contributed by atoms with Crippen molar-refractivity contribution in [3.8, 4) is 0 Å². The van der Waals surface area contributed by atoms with Gasteiger partial charge in [-0.3, -0.25) is 0 Å². The van der Waals surface area contributed by atoms with Crippen LogP contribution in [-0.4, -0.2) is 69.6 Å². The molecule has 2 aromatic heterocycles. The summed E-state index contributed by atoms with van der Waals surface area (Å²) < 4.78 is 112. The van der Waals surface area contributed by atoms with Crippen LogP contribution in [0.15, 0.2) is 42.6 Å². The number of carbonyl (C=O) groups is 1. The number of rotatable bonds is 4. The van der Waals surface area contributed by atoms with Gasteiger partial charge in [-0.1, -0.05) is 0 Å². The zero-order valence-corrected chi connectivity index (χ0v) is 23.7. The molecule has 9 nitrogen and oxygen atoms in total. The first-order valence-corrected chi connectivity index (χ1v) is 13.8. The van der Waals surface area contributed by atoms with Crippen molar-refractivity contribution in [1.82, 2.24) is 15.0 Å². The topological polar surface area (TPSA) is 115 Å². The van der Waals surface area contributed by atoms with E-state index in [0.29, 0.717) is 67.5 Å². The predicted octanol–water partition coefficient (Wildman–Crippen LogP) is 5.85. The summed E-state index contributed by atoms with van der Waals surface area (Å²) in [4.78, 5) is 25.8. The average Bonchev–Trinajstić information content (AvgIpc) is 3.20. The first-order valence-electron chi connectivity index (χ1n) is 13.8. The number of benzene rings is 1. The average molecular weight is 667 g/mol. The maximum Gasteiger partial charge on any atom is 0.490 e. The van der Waals surface area contributed by atoms with Gasteiger partial charge in [0.1, 0.15) is 11.6 Å². The second-order valence-corrected chi connectivity index (χ2v) is 10.4. The standard InChI is InChI=1S/C26H26F6N6O.C2HF3O2/c27-25(28,29)16-3-5-17(6-4-16)34-22-19-9-14-37(23-20(26(30,31)32)2-1-11-33-23)15-10-21(19)35-24(36-22)38-12-7-18(39)8-13-38;3-2(4,5)1(6)7/h1-6,11,18,39H,7-10,12-15H2,(H,34,35,36);(H,6,7). The monoisotopic (exact) mass is 666 g/mol. The molecule has 250 valence electrons. The molecule has 1 fully saturated rings. The summed E-state index contributed by atoms with van der Waals surface area (Å²) in [6, 6.07) is 6.80. The van der Waals surface area contributed by atoms with Crippen LogP contribution >= 0.6 is 0 Å². The Morgan fingerprint density at radius 1 is 0.826 bits per heavy atom. The highest BCUT2D eigenvalue weighted by Crippen LogP contribution is 2.37. The number of pyridine rings is 1. The Labute approximate surface area is 255 Å². The summed E-state index contributed by atoms with van der Waals surface area (Å²) >= 11 is 0. The third kappa shape index (κ3) is 8.67. The minimum Gasteiger partial charge on any atom is -0.475 e. The van der Waals surface area contributed by atoms with E-state index in [4.69, 9.17) is 14.9 Å². The molecule has 0 saturated carbocycles. The minimum absolute atomic E-state index is 0.159. The molecule has 0 unspecified atom stereocenters. The van der Waals surface area contributed by atoms with Crippen LogP contribution in [0, 0.1) is 0 Å². The zero-order valence-electron chi connectivity index (χ0n) is 23.7. The molecule has 3 aromatic rings. The molecule has 1 saturated heterocycles. The number of piperidine rings is 1. The Balaban J connectivity index is 0.000000617. The number of anilines is 4. The minimum atomic E-state index is -5.08. The van der Waals surface area contributed by atoms with Gasteiger partial charge >= 0.3 is 24.5 Å². The molecule has 2 aliphatic rings. The van der Waals surface area contributed by atoms with Crippen LogP contribution in [0.5, 0.6) is 0 Å². The summed E-state index contributed by atoms with van der Waals surface area (Å²) in [5.74, 6) is -2.13. The van der Waals surface area contributed by atoms with Gasteiger partial charge in [-0.15, -0.1) is 0 Å². The van der Waals surface area contributed by atoms with E-state index < -0.39 is 41.7 Å². The normalized spacial score (nSPS) is 16.2. The fraction of sp³-hybridized carbons (Fsp3) is 0.429. The van der Waals surface area contributed by atoms with Crippen LogP contribution < -0.4 is 15.1 Å². The summed E-state index contributed by atoms with van der Waals surface area (Å²) in [5, 5.41) is 20.1. The molecule has 0 radical (unpaired) electrons. The van der Waals surface area contributed by atoms with Crippen molar-refractivity contribution < 1.29 is 54.5 Å². The molecule has 0 amide bonds. The SMILES string of the molecule is O=C(O)C(F)(F)F.OC1CCN(c2nc3c(c(Nc4ccc(C(F)(F)F)cc4)n2)CCN(c2ncccc2C(F)(F)F)CC3)CC1. The second kappa shape index (κ2) is 13.6. The number of fused-ring (bicyclic) bond motifs is 1. The molecule has 3 N–H and O–H groups in total. The van der Waals surface area contributed by atoms with Crippen molar-refractivity contribution in [2.75, 3.05) is 41.3 Å². The van der Waals surface area contributed by atoms with E-state index in [1.54, 1.807) is 4.90 Å². The van der Waals surface area contributed by atoms with Gasteiger partial charge in [-0.2, -0.15) is 44.5 Å². The maximum atomic E-state index is 13.7. The van der Waals surface area contributed by atoms with E-state index in [2.05, 4.69) is 15.3 Å². The maximum absolute atomic E-state index is 13.7. The molecule has 2 aliphatic heterocycles. The van der Waals surface area contributed by atoms with Crippen LogP contribution in [-0.2, 0) is 30.0 Å². The Morgan fingerprint density at radius 3 is 2.00 bits per heavy atom. The van der Waals surface area contributed by atoms with E-state index in [1.165, 1.54) is 24.4 Å². The number of alkyl halides is 9. The highest BCUT2D eigenvalue weighted by atomic mass is 19.4. The first-order chi connectivity index (χ1) is 21.4. The van der Waals surface area contributed by atoms with Gasteiger partial charge in [0, 0.05) is 50.0 Å². The number of carboxylic acids is 1. The number of aliphatic carboxylic acids is 1. The fourth-order valence-electron chi connectivity index (χ4n) is 4.86. The number of aromatic nitrogens is 3. The highest BCUT2D eigenvalue weighted by Gasteiger charge is 2.38. The zero-order chi connectivity index (χ0) is 33.9. The lowest BCUT2D eigenvalue weighted by molar-refractivity contribution is -0.192. The number of hydrogen-bond acceptors (Lipinski definition) is 8. The second-order valence-electron chi connectivity index (χ2n) is 10.4. The van der Waals surface area contributed by atoms with Gasteiger partial charge in [-0.25, -0.2) is 14.8 Å². The number of hydrogen-bond donors (Lipinski definition) is 3. The van der Waals surface area contributed by atoms with E-state index >= 15 is 0 Å². The number of nitrogens with one attached hydrogen (secondary N) is 1. The molecule has 4 heterocycles. The van der Waals surface area contributed by atoms with Crippen molar-refractivity contribution in [3.63, 3.8) is 0 Å². The summed E-state index contributed by atoms with van der Waals surface area (Å²) in [6.07, 6.45) is -11.5. The molecule has 18 heteroatoms. The highest BCUT2D eigenvalue weighted by molar-refractivity contribution is 5.73. The number of nitrogens with zero attached hydrogens (tertiary/aromatic N) is 5. The quantitative estimate of drug-likeness (QED) is 0.295. The Bertz CT molecular complexity index is 1510. The van der Waals surface area contributed by atoms with Gasteiger partial charge in [0.2, 0.25) is 5.95 Å². The Hall–Kier alpha value is -4.35. The van der Waals surface area contributed by atoms with E-state index in [1.807, 2.05) is 4.90 Å². The lowest BCUT2D eigenvalue weighted by Gasteiger charge is -2.30. The number of halogens is 9.